The van der Waals surface area contributed by atoms with Crippen molar-refractivity contribution in [3.63, 3.8) is 0 Å². The van der Waals surface area contributed by atoms with Gasteiger partial charge in [0.05, 0.1) is 23.1 Å². The number of benzene rings is 2. The number of esters is 2. The van der Waals surface area contributed by atoms with Crippen LogP contribution in [0, 0.1) is 0 Å². The second kappa shape index (κ2) is 9.99. The van der Waals surface area contributed by atoms with Gasteiger partial charge >= 0.3 is 11.9 Å². The van der Waals surface area contributed by atoms with Crippen molar-refractivity contribution in [1.82, 2.24) is 9.62 Å². The molecule has 0 aliphatic heterocycles. The molecule has 0 saturated carbocycles. The first-order valence-electron chi connectivity index (χ1n) is 8.79. The largest absolute Gasteiger partial charge is 0.465 e. The summed E-state index contributed by atoms with van der Waals surface area (Å²) in [7, 11) is 0.506. The lowest BCUT2D eigenvalue weighted by molar-refractivity contribution is -0.124. The molecule has 9 nitrogen and oxygen atoms in total. The molecule has 0 unspecified atom stereocenters. The van der Waals surface area contributed by atoms with Gasteiger partial charge in [-0.2, -0.15) is 0 Å². The molecule has 1 amide bonds. The highest BCUT2D eigenvalue weighted by molar-refractivity contribution is 7.89. The van der Waals surface area contributed by atoms with Gasteiger partial charge in [-0.05, 0) is 42.0 Å². The lowest BCUT2D eigenvalue weighted by Crippen LogP contribution is -2.28. The standard InChI is InChI=1S/C20H22N2O7S/c1-22(2)30(26,27)17-10-8-16(9-11-17)20(25)29-13-18(23)21-12-14-4-6-15(7-5-14)19(24)28-3/h4-11H,12-13H2,1-3H3,(H,21,23). The number of hydrogen-bond donors (Lipinski definition) is 1. The Kier molecular flexibility index (Phi) is 7.67. The summed E-state index contributed by atoms with van der Waals surface area (Å²) in [4.78, 5) is 35.4. The number of rotatable bonds is 8. The number of sulfonamides is 1. The first-order valence-corrected chi connectivity index (χ1v) is 10.2. The molecule has 0 aliphatic carbocycles. The molecule has 0 fully saturated rings. The van der Waals surface area contributed by atoms with Crippen molar-refractivity contribution in [2.24, 2.45) is 0 Å². The summed E-state index contributed by atoms with van der Waals surface area (Å²) in [5.74, 6) is -1.71. The van der Waals surface area contributed by atoms with Crippen LogP contribution in [0.25, 0.3) is 0 Å². The minimum atomic E-state index is -3.60. The summed E-state index contributed by atoms with van der Waals surface area (Å²) in [5, 5.41) is 2.59. The second-order valence-corrected chi connectivity index (χ2v) is 8.51. The average molecular weight is 434 g/mol. The van der Waals surface area contributed by atoms with Gasteiger partial charge in [0, 0.05) is 20.6 Å². The first kappa shape index (κ1) is 23.0. The summed E-state index contributed by atoms with van der Waals surface area (Å²) in [6, 6.07) is 11.7. The predicted molar refractivity (Wildman–Crippen MR) is 107 cm³/mol. The molecular formula is C20H22N2O7S. The molecule has 30 heavy (non-hydrogen) atoms. The van der Waals surface area contributed by atoms with Gasteiger partial charge < -0.3 is 14.8 Å². The third-order valence-electron chi connectivity index (χ3n) is 4.07. The van der Waals surface area contributed by atoms with E-state index < -0.39 is 34.5 Å². The number of carbonyl (C=O) groups excluding carboxylic acids is 3. The summed E-state index contributed by atoms with van der Waals surface area (Å²) >= 11 is 0. The smallest absolute Gasteiger partial charge is 0.338 e. The van der Waals surface area contributed by atoms with Gasteiger partial charge in [-0.1, -0.05) is 12.1 Å². The van der Waals surface area contributed by atoms with E-state index in [2.05, 4.69) is 10.1 Å². The van der Waals surface area contributed by atoms with Crippen LogP contribution in [-0.2, 0) is 30.8 Å². The van der Waals surface area contributed by atoms with Crippen LogP contribution >= 0.6 is 0 Å². The quantitative estimate of drug-likeness (QED) is 0.620. The van der Waals surface area contributed by atoms with Gasteiger partial charge in [0.25, 0.3) is 5.91 Å². The Bertz CT molecular complexity index is 1010. The average Bonchev–Trinajstić information content (AvgIpc) is 2.75. The fourth-order valence-corrected chi connectivity index (χ4v) is 3.22. The van der Waals surface area contributed by atoms with Crippen LogP contribution < -0.4 is 5.32 Å². The normalized spacial score (nSPS) is 11.1. The molecule has 0 aliphatic rings. The van der Waals surface area contributed by atoms with E-state index in [1.54, 1.807) is 24.3 Å². The maximum Gasteiger partial charge on any atom is 0.338 e. The number of methoxy groups -OCH3 is 1. The molecule has 0 radical (unpaired) electrons. The fourth-order valence-electron chi connectivity index (χ4n) is 2.32. The van der Waals surface area contributed by atoms with Crippen LogP contribution in [0.2, 0.25) is 0 Å². The summed E-state index contributed by atoms with van der Waals surface area (Å²) < 4.78 is 34.7. The molecule has 160 valence electrons. The number of nitrogens with one attached hydrogen (secondary N) is 1. The Morgan fingerprint density at radius 2 is 1.43 bits per heavy atom. The zero-order chi connectivity index (χ0) is 22.3. The van der Waals surface area contributed by atoms with Gasteiger partial charge in [0.2, 0.25) is 10.0 Å². The minimum absolute atomic E-state index is 0.0417. The highest BCUT2D eigenvalue weighted by Crippen LogP contribution is 2.14. The Labute approximate surface area is 174 Å². The zero-order valence-electron chi connectivity index (χ0n) is 16.7. The molecule has 0 spiro atoms. The number of nitrogens with zero attached hydrogens (tertiary/aromatic N) is 1. The van der Waals surface area contributed by atoms with E-state index in [-0.39, 0.29) is 17.0 Å². The zero-order valence-corrected chi connectivity index (χ0v) is 17.6. The van der Waals surface area contributed by atoms with E-state index in [9.17, 15) is 22.8 Å². The van der Waals surface area contributed by atoms with Crippen molar-refractivity contribution in [2.45, 2.75) is 11.4 Å². The number of carbonyl (C=O) groups is 3. The van der Waals surface area contributed by atoms with E-state index in [0.717, 1.165) is 9.87 Å². The van der Waals surface area contributed by atoms with Gasteiger partial charge in [0.15, 0.2) is 6.61 Å². The molecule has 10 heteroatoms. The molecule has 1 N–H and O–H groups in total. The van der Waals surface area contributed by atoms with Gasteiger partial charge in [-0.3, -0.25) is 4.79 Å². The summed E-state index contributed by atoms with van der Waals surface area (Å²) in [6.07, 6.45) is 0. The first-order chi connectivity index (χ1) is 14.1. The van der Waals surface area contributed by atoms with Crippen molar-refractivity contribution in [2.75, 3.05) is 27.8 Å². The summed E-state index contributed by atoms with van der Waals surface area (Å²) in [6.45, 7) is -0.300. The number of hydrogen-bond acceptors (Lipinski definition) is 7. The molecule has 2 aromatic rings. The molecule has 0 heterocycles. The third-order valence-corrected chi connectivity index (χ3v) is 5.90. The Morgan fingerprint density at radius 3 is 1.97 bits per heavy atom. The van der Waals surface area contributed by atoms with Gasteiger partial charge in [-0.25, -0.2) is 22.3 Å². The van der Waals surface area contributed by atoms with E-state index >= 15 is 0 Å². The maximum absolute atomic E-state index is 12.0. The predicted octanol–water partition coefficient (Wildman–Crippen LogP) is 1.20. The SMILES string of the molecule is COC(=O)c1ccc(CNC(=O)COC(=O)c2ccc(S(=O)(=O)N(C)C)cc2)cc1. The highest BCUT2D eigenvalue weighted by Gasteiger charge is 2.18. The lowest BCUT2D eigenvalue weighted by Gasteiger charge is -2.11. The third kappa shape index (κ3) is 5.88. The van der Waals surface area contributed by atoms with Gasteiger partial charge in [-0.15, -0.1) is 0 Å². The second-order valence-electron chi connectivity index (χ2n) is 6.35. The van der Waals surface area contributed by atoms with Crippen molar-refractivity contribution in [1.29, 1.82) is 0 Å². The number of ether oxygens (including phenoxy) is 2. The van der Waals surface area contributed by atoms with Crippen molar-refractivity contribution >= 4 is 27.9 Å². The van der Waals surface area contributed by atoms with Crippen LogP contribution in [0.4, 0.5) is 0 Å². The summed E-state index contributed by atoms with van der Waals surface area (Å²) in [5.41, 5.74) is 1.27. The molecule has 0 bridgehead atoms. The molecule has 0 atom stereocenters. The van der Waals surface area contributed by atoms with Crippen LogP contribution in [0.3, 0.4) is 0 Å². The van der Waals surface area contributed by atoms with E-state index in [1.807, 2.05) is 0 Å². The van der Waals surface area contributed by atoms with Crippen LogP contribution in [0.15, 0.2) is 53.4 Å². The van der Waals surface area contributed by atoms with Crippen LogP contribution in [0.5, 0.6) is 0 Å². The topological polar surface area (TPSA) is 119 Å². The van der Waals surface area contributed by atoms with Crippen LogP contribution in [0.1, 0.15) is 26.3 Å². The van der Waals surface area contributed by atoms with Gasteiger partial charge in [0.1, 0.15) is 0 Å². The Balaban J connectivity index is 1.84. The monoisotopic (exact) mass is 434 g/mol. The molecule has 0 aromatic heterocycles. The molecular weight excluding hydrogens is 412 g/mol. The molecule has 2 rings (SSSR count). The van der Waals surface area contributed by atoms with E-state index in [1.165, 1.54) is 45.5 Å². The minimum Gasteiger partial charge on any atom is -0.465 e. The van der Waals surface area contributed by atoms with Crippen LogP contribution in [-0.4, -0.2) is 58.4 Å². The highest BCUT2D eigenvalue weighted by atomic mass is 32.2. The number of amides is 1. The van der Waals surface area contributed by atoms with Crippen molar-refractivity contribution < 1.29 is 32.3 Å². The van der Waals surface area contributed by atoms with E-state index in [4.69, 9.17) is 4.74 Å². The maximum atomic E-state index is 12.0. The van der Waals surface area contributed by atoms with Crippen molar-refractivity contribution in [3.8, 4) is 0 Å². The fraction of sp³-hybridized carbons (Fsp3) is 0.250. The molecule has 0 saturated heterocycles. The Morgan fingerprint density at radius 1 is 0.900 bits per heavy atom. The lowest BCUT2D eigenvalue weighted by atomic mass is 10.1. The van der Waals surface area contributed by atoms with Crippen molar-refractivity contribution in [3.05, 3.63) is 65.2 Å². The van der Waals surface area contributed by atoms with E-state index in [0.29, 0.717) is 5.56 Å². The Hall–Kier alpha value is -3.24. The molecule has 2 aromatic carbocycles.